The van der Waals surface area contributed by atoms with Crippen LogP contribution in [0.4, 0.5) is 28.8 Å². The topological polar surface area (TPSA) is 123 Å². The minimum atomic E-state index is 0.407. The van der Waals surface area contributed by atoms with Crippen molar-refractivity contribution >= 4 is 34.9 Å². The Labute approximate surface area is 203 Å². The molecule has 8 heteroatoms. The minimum absolute atomic E-state index is 0.407. The maximum absolute atomic E-state index is 9.01. The quantitative estimate of drug-likeness (QED) is 0.265. The Balaban J connectivity index is 1.65. The Morgan fingerprint density at radius 3 is 2.46 bits per heavy atom. The first-order valence-corrected chi connectivity index (χ1v) is 10.9. The van der Waals surface area contributed by atoms with Crippen LogP contribution in [0.5, 0.6) is 0 Å². The van der Waals surface area contributed by atoms with Gasteiger partial charge in [-0.2, -0.15) is 15.5 Å². The summed E-state index contributed by atoms with van der Waals surface area (Å²) in [6.45, 7) is 4.49. The van der Waals surface area contributed by atoms with Crippen LogP contribution in [-0.4, -0.2) is 9.97 Å². The molecule has 0 bridgehead atoms. The number of aryl methyl sites for hydroxylation is 2. The van der Waals surface area contributed by atoms with Gasteiger partial charge in [-0.3, -0.25) is 0 Å². The van der Waals surface area contributed by atoms with Crippen molar-refractivity contribution < 1.29 is 4.42 Å². The Morgan fingerprint density at radius 1 is 1.03 bits per heavy atom. The van der Waals surface area contributed by atoms with Crippen molar-refractivity contribution in [3.63, 3.8) is 0 Å². The van der Waals surface area contributed by atoms with Gasteiger partial charge in [0, 0.05) is 17.5 Å². The van der Waals surface area contributed by atoms with Crippen molar-refractivity contribution in [1.29, 1.82) is 10.5 Å². The van der Waals surface area contributed by atoms with Gasteiger partial charge in [-0.05, 0) is 85.1 Å². The van der Waals surface area contributed by atoms with E-state index in [1.54, 1.807) is 42.8 Å². The van der Waals surface area contributed by atoms with E-state index in [-0.39, 0.29) is 0 Å². The first-order chi connectivity index (χ1) is 17.1. The molecule has 8 nitrogen and oxygen atoms in total. The van der Waals surface area contributed by atoms with Gasteiger partial charge in [0.1, 0.15) is 5.76 Å². The molecule has 2 aromatic heterocycles. The van der Waals surface area contributed by atoms with Crippen molar-refractivity contribution in [2.24, 2.45) is 0 Å². The van der Waals surface area contributed by atoms with Crippen molar-refractivity contribution in [2.75, 3.05) is 16.0 Å². The second kappa shape index (κ2) is 10.7. The van der Waals surface area contributed by atoms with Gasteiger partial charge in [0.2, 0.25) is 5.95 Å². The van der Waals surface area contributed by atoms with E-state index in [0.717, 1.165) is 33.8 Å². The number of nitriles is 2. The lowest BCUT2D eigenvalue weighted by atomic mass is 10.0. The molecule has 3 N–H and O–H groups in total. The SMILES string of the molecule is Cc1cc(/C=C/C#N)cc(C)c1Nc1nc(Nc2ccc(C#N)cc2)ncc1NCc1ccco1. The van der Waals surface area contributed by atoms with Gasteiger partial charge >= 0.3 is 0 Å². The number of nitrogens with one attached hydrogen (secondary N) is 3. The van der Waals surface area contributed by atoms with Gasteiger partial charge in [0.25, 0.3) is 0 Å². The van der Waals surface area contributed by atoms with E-state index in [0.29, 0.717) is 29.6 Å². The summed E-state index contributed by atoms with van der Waals surface area (Å²) in [7, 11) is 0. The van der Waals surface area contributed by atoms with Gasteiger partial charge in [-0.25, -0.2) is 4.98 Å². The number of furan rings is 1. The molecule has 0 spiro atoms. The fourth-order valence-electron chi connectivity index (χ4n) is 3.56. The molecule has 0 radical (unpaired) electrons. The van der Waals surface area contributed by atoms with Crippen LogP contribution in [0.2, 0.25) is 0 Å². The molecule has 0 saturated carbocycles. The maximum Gasteiger partial charge on any atom is 0.229 e. The van der Waals surface area contributed by atoms with Gasteiger partial charge in [0.15, 0.2) is 5.82 Å². The molecule has 0 unspecified atom stereocenters. The predicted octanol–water partition coefficient (Wildman–Crippen LogP) is 6.19. The van der Waals surface area contributed by atoms with Gasteiger partial charge in [-0.15, -0.1) is 0 Å². The van der Waals surface area contributed by atoms with Crippen molar-refractivity contribution in [3.8, 4) is 12.1 Å². The van der Waals surface area contributed by atoms with E-state index < -0.39 is 0 Å². The third kappa shape index (κ3) is 5.84. The first-order valence-electron chi connectivity index (χ1n) is 10.9. The summed E-state index contributed by atoms with van der Waals surface area (Å²) in [4.78, 5) is 9.16. The molecule has 2 heterocycles. The number of hydrogen-bond acceptors (Lipinski definition) is 8. The van der Waals surface area contributed by atoms with E-state index >= 15 is 0 Å². The van der Waals surface area contributed by atoms with E-state index in [1.807, 2.05) is 44.2 Å². The molecule has 0 amide bonds. The lowest BCUT2D eigenvalue weighted by molar-refractivity contribution is 0.518. The molecule has 4 rings (SSSR count). The molecule has 0 aliphatic heterocycles. The zero-order valence-corrected chi connectivity index (χ0v) is 19.3. The van der Waals surface area contributed by atoms with Gasteiger partial charge < -0.3 is 20.4 Å². The molecule has 172 valence electrons. The Morgan fingerprint density at radius 2 is 1.80 bits per heavy atom. The fourth-order valence-corrected chi connectivity index (χ4v) is 3.56. The summed E-state index contributed by atoms with van der Waals surface area (Å²) < 4.78 is 5.43. The van der Waals surface area contributed by atoms with Crippen LogP contribution in [-0.2, 0) is 6.54 Å². The lowest BCUT2D eigenvalue weighted by Gasteiger charge is -2.17. The number of nitrogens with zero attached hydrogens (tertiary/aromatic N) is 4. The second-order valence-corrected chi connectivity index (χ2v) is 7.82. The maximum atomic E-state index is 9.01. The third-order valence-corrected chi connectivity index (χ3v) is 5.24. The highest BCUT2D eigenvalue weighted by atomic mass is 16.3. The molecule has 4 aromatic rings. The van der Waals surface area contributed by atoms with Crippen molar-refractivity contribution in [1.82, 2.24) is 9.97 Å². The number of rotatable bonds is 8. The second-order valence-electron chi connectivity index (χ2n) is 7.82. The summed E-state index contributed by atoms with van der Waals surface area (Å²) in [5.41, 5.74) is 5.96. The number of aromatic nitrogens is 2. The summed E-state index contributed by atoms with van der Waals surface area (Å²) in [6, 6.07) is 19.0. The average Bonchev–Trinajstić information content (AvgIpc) is 3.38. The monoisotopic (exact) mass is 461 g/mol. The van der Waals surface area contributed by atoms with Crippen LogP contribution in [0, 0.1) is 36.5 Å². The van der Waals surface area contributed by atoms with E-state index in [2.05, 4.69) is 27.0 Å². The zero-order chi connectivity index (χ0) is 24.6. The number of benzene rings is 2. The molecule has 0 aliphatic carbocycles. The number of anilines is 5. The van der Waals surface area contributed by atoms with E-state index in [9.17, 15) is 0 Å². The molecule has 0 atom stereocenters. The normalized spacial score (nSPS) is 10.5. The summed E-state index contributed by atoms with van der Waals surface area (Å²) in [5, 5.41) is 27.8. The highest BCUT2D eigenvalue weighted by molar-refractivity contribution is 5.76. The van der Waals surface area contributed by atoms with Crippen LogP contribution >= 0.6 is 0 Å². The molecule has 0 aliphatic rings. The summed E-state index contributed by atoms with van der Waals surface area (Å²) in [5.74, 6) is 1.79. The zero-order valence-electron chi connectivity index (χ0n) is 19.3. The number of allylic oxidation sites excluding steroid dienone is 1. The highest BCUT2D eigenvalue weighted by Gasteiger charge is 2.12. The highest BCUT2D eigenvalue weighted by Crippen LogP contribution is 2.30. The standard InChI is InChI=1S/C27H23N7O/c1-18-13-21(5-3-11-28)14-19(2)25(18)33-26-24(30-16-23-6-4-12-35-23)17-31-27(34-26)32-22-9-7-20(15-29)8-10-22/h3-10,12-14,17,30H,16H2,1-2H3,(H2,31,32,33,34)/b5-3+. The Kier molecular flexibility index (Phi) is 7.05. The first kappa shape index (κ1) is 23.1. The van der Waals surface area contributed by atoms with Crippen molar-refractivity contribution in [2.45, 2.75) is 20.4 Å². The van der Waals surface area contributed by atoms with Crippen LogP contribution in [0.25, 0.3) is 6.08 Å². The predicted molar refractivity (Wildman–Crippen MR) is 136 cm³/mol. The summed E-state index contributed by atoms with van der Waals surface area (Å²) in [6.07, 6.45) is 6.58. The molecule has 0 fully saturated rings. The van der Waals surface area contributed by atoms with Crippen LogP contribution in [0.15, 0.2) is 71.5 Å². The average molecular weight is 462 g/mol. The molecular formula is C27H23N7O. The molecule has 35 heavy (non-hydrogen) atoms. The van der Waals surface area contributed by atoms with Crippen molar-refractivity contribution in [3.05, 3.63) is 95.1 Å². The lowest BCUT2D eigenvalue weighted by Crippen LogP contribution is -2.08. The largest absolute Gasteiger partial charge is 0.467 e. The van der Waals surface area contributed by atoms with Gasteiger partial charge in [-0.1, -0.05) is 0 Å². The molecule has 0 saturated heterocycles. The Hall–Kier alpha value is -5.08. The fraction of sp³-hybridized carbons (Fsp3) is 0.111. The van der Waals surface area contributed by atoms with E-state index in [1.165, 1.54) is 6.08 Å². The van der Waals surface area contributed by atoms with Crippen LogP contribution < -0.4 is 16.0 Å². The van der Waals surface area contributed by atoms with Gasteiger partial charge in [0.05, 0.1) is 42.4 Å². The molecular weight excluding hydrogens is 438 g/mol. The third-order valence-electron chi connectivity index (χ3n) is 5.24. The Bertz CT molecular complexity index is 1400. The summed E-state index contributed by atoms with van der Waals surface area (Å²) >= 11 is 0. The van der Waals surface area contributed by atoms with E-state index in [4.69, 9.17) is 19.9 Å². The number of hydrogen-bond donors (Lipinski definition) is 3. The smallest absolute Gasteiger partial charge is 0.229 e. The molecule has 2 aromatic carbocycles. The minimum Gasteiger partial charge on any atom is -0.467 e. The van der Waals surface area contributed by atoms with Crippen LogP contribution in [0.3, 0.4) is 0 Å². The van der Waals surface area contributed by atoms with Crippen LogP contribution in [0.1, 0.15) is 28.0 Å².